The molecule has 6 nitrogen and oxygen atoms in total. The summed E-state index contributed by atoms with van der Waals surface area (Å²) in [4.78, 5) is 12.6. The van der Waals surface area contributed by atoms with Gasteiger partial charge in [-0.25, -0.2) is 4.79 Å². The van der Waals surface area contributed by atoms with Gasteiger partial charge in [-0.05, 0) is 31.5 Å². The molecule has 0 aliphatic rings. The molecule has 0 saturated heterocycles. The number of imidazole rings is 1. The average molecular weight is 348 g/mol. The standard InChI is InChI=1S/C20H20N4O2/c1-12(2)24-15-10-9-14(11-16(15)23(3)20(24)25)17-18(22-26-19(17)21)13-7-5-4-6-8-13/h4-12H,21H2,1-3H3. The molecule has 0 bridgehead atoms. The summed E-state index contributed by atoms with van der Waals surface area (Å²) in [5, 5.41) is 4.14. The minimum Gasteiger partial charge on any atom is -0.367 e. The molecular weight excluding hydrogens is 328 g/mol. The summed E-state index contributed by atoms with van der Waals surface area (Å²) in [6.45, 7) is 4.00. The summed E-state index contributed by atoms with van der Waals surface area (Å²) in [7, 11) is 1.78. The molecule has 0 saturated carbocycles. The third kappa shape index (κ3) is 2.34. The van der Waals surface area contributed by atoms with Crippen LogP contribution < -0.4 is 11.4 Å². The van der Waals surface area contributed by atoms with Gasteiger partial charge in [0.25, 0.3) is 0 Å². The van der Waals surface area contributed by atoms with E-state index in [2.05, 4.69) is 5.16 Å². The maximum absolute atomic E-state index is 12.6. The summed E-state index contributed by atoms with van der Waals surface area (Å²) in [5.41, 5.74) is 11.0. The lowest BCUT2D eigenvalue weighted by atomic mass is 10.0. The monoisotopic (exact) mass is 348 g/mol. The van der Waals surface area contributed by atoms with Crippen LogP contribution in [0.5, 0.6) is 0 Å². The number of hydrogen-bond acceptors (Lipinski definition) is 4. The predicted octanol–water partition coefficient (Wildman–Crippen LogP) is 3.83. The first-order valence-corrected chi connectivity index (χ1v) is 8.51. The molecule has 0 fully saturated rings. The lowest BCUT2D eigenvalue weighted by molar-refractivity contribution is 0.439. The molecule has 2 heterocycles. The maximum Gasteiger partial charge on any atom is 0.329 e. The SMILES string of the molecule is CC(C)n1c(=O)n(C)c2cc(-c3c(-c4ccccc4)noc3N)ccc21. The third-order valence-electron chi connectivity index (χ3n) is 4.66. The van der Waals surface area contributed by atoms with Crippen molar-refractivity contribution in [2.45, 2.75) is 19.9 Å². The zero-order valence-corrected chi connectivity index (χ0v) is 14.9. The van der Waals surface area contributed by atoms with Gasteiger partial charge in [0, 0.05) is 18.7 Å². The van der Waals surface area contributed by atoms with Gasteiger partial charge in [0.05, 0.1) is 16.6 Å². The number of aromatic nitrogens is 3. The van der Waals surface area contributed by atoms with Gasteiger partial charge in [-0.2, -0.15) is 0 Å². The van der Waals surface area contributed by atoms with Crippen LogP contribution in [-0.4, -0.2) is 14.3 Å². The molecule has 132 valence electrons. The molecule has 0 atom stereocenters. The highest BCUT2D eigenvalue weighted by atomic mass is 16.5. The van der Waals surface area contributed by atoms with Crippen LogP contribution in [-0.2, 0) is 7.05 Å². The van der Waals surface area contributed by atoms with Crippen molar-refractivity contribution in [1.82, 2.24) is 14.3 Å². The minimum absolute atomic E-state index is 0.0336. The molecule has 0 aliphatic heterocycles. The molecule has 2 aromatic heterocycles. The Bertz CT molecular complexity index is 1150. The topological polar surface area (TPSA) is 79.0 Å². The molecule has 26 heavy (non-hydrogen) atoms. The van der Waals surface area contributed by atoms with Crippen molar-refractivity contribution >= 4 is 16.9 Å². The summed E-state index contributed by atoms with van der Waals surface area (Å²) in [6.07, 6.45) is 0. The van der Waals surface area contributed by atoms with Gasteiger partial charge in [0.1, 0.15) is 5.69 Å². The second kappa shape index (κ2) is 5.91. The van der Waals surface area contributed by atoms with Crippen molar-refractivity contribution in [3.8, 4) is 22.4 Å². The molecule has 4 aromatic rings. The van der Waals surface area contributed by atoms with Crippen LogP contribution in [0.3, 0.4) is 0 Å². The molecule has 0 radical (unpaired) electrons. The van der Waals surface area contributed by atoms with Gasteiger partial charge in [-0.15, -0.1) is 0 Å². The highest BCUT2D eigenvalue weighted by Crippen LogP contribution is 2.37. The summed E-state index contributed by atoms with van der Waals surface area (Å²) < 4.78 is 8.71. The van der Waals surface area contributed by atoms with Crippen molar-refractivity contribution in [3.05, 3.63) is 59.0 Å². The first-order valence-electron chi connectivity index (χ1n) is 8.51. The second-order valence-corrected chi connectivity index (χ2v) is 6.65. The van der Waals surface area contributed by atoms with Crippen molar-refractivity contribution in [1.29, 1.82) is 0 Å². The van der Waals surface area contributed by atoms with E-state index >= 15 is 0 Å². The largest absolute Gasteiger partial charge is 0.367 e. The normalized spacial score (nSPS) is 11.5. The number of hydrogen-bond donors (Lipinski definition) is 1. The molecular formula is C20H20N4O2. The highest BCUT2D eigenvalue weighted by molar-refractivity contribution is 5.91. The van der Waals surface area contributed by atoms with Crippen LogP contribution in [0.15, 0.2) is 57.8 Å². The zero-order valence-electron chi connectivity index (χ0n) is 14.9. The van der Waals surface area contributed by atoms with E-state index in [1.807, 2.05) is 62.4 Å². The summed E-state index contributed by atoms with van der Waals surface area (Å²) in [6, 6.07) is 15.7. The Morgan fingerprint density at radius 2 is 1.77 bits per heavy atom. The summed E-state index contributed by atoms with van der Waals surface area (Å²) >= 11 is 0. The molecule has 0 amide bonds. The smallest absolute Gasteiger partial charge is 0.329 e. The average Bonchev–Trinajstić information content (AvgIpc) is 3.14. The van der Waals surface area contributed by atoms with Gasteiger partial charge in [-0.3, -0.25) is 9.13 Å². The molecule has 0 aliphatic carbocycles. The first kappa shape index (κ1) is 16.2. The first-order chi connectivity index (χ1) is 12.5. The van der Waals surface area contributed by atoms with Gasteiger partial charge < -0.3 is 10.3 Å². The maximum atomic E-state index is 12.6. The number of fused-ring (bicyclic) bond motifs is 1. The number of benzene rings is 2. The lowest BCUT2D eigenvalue weighted by Gasteiger charge is -2.07. The van der Waals surface area contributed by atoms with Gasteiger partial charge in [0.15, 0.2) is 0 Å². The minimum atomic E-state index is -0.0336. The Balaban J connectivity index is 1.96. The lowest BCUT2D eigenvalue weighted by Crippen LogP contribution is -2.23. The highest BCUT2D eigenvalue weighted by Gasteiger charge is 2.20. The molecule has 4 rings (SSSR count). The number of nitrogen functional groups attached to an aromatic ring is 1. The Hall–Kier alpha value is -3.28. The second-order valence-electron chi connectivity index (χ2n) is 6.65. The predicted molar refractivity (Wildman–Crippen MR) is 103 cm³/mol. The van der Waals surface area contributed by atoms with Crippen LogP contribution in [0.2, 0.25) is 0 Å². The number of nitrogens with two attached hydrogens (primary N) is 1. The fraction of sp³-hybridized carbons (Fsp3) is 0.200. The quantitative estimate of drug-likeness (QED) is 0.610. The van der Waals surface area contributed by atoms with Crippen LogP contribution in [0.1, 0.15) is 19.9 Å². The summed E-state index contributed by atoms with van der Waals surface area (Å²) in [5.74, 6) is 0.261. The van der Waals surface area contributed by atoms with Crippen LogP contribution in [0.25, 0.3) is 33.4 Å². The van der Waals surface area contributed by atoms with Crippen molar-refractivity contribution in [3.63, 3.8) is 0 Å². The molecule has 0 spiro atoms. The van der Waals surface area contributed by atoms with Crippen LogP contribution in [0.4, 0.5) is 5.88 Å². The van der Waals surface area contributed by atoms with Crippen molar-refractivity contribution < 1.29 is 4.52 Å². The Labute approximate surface area is 150 Å². The van der Waals surface area contributed by atoms with E-state index < -0.39 is 0 Å². The van der Waals surface area contributed by atoms with E-state index in [4.69, 9.17) is 10.3 Å². The van der Waals surface area contributed by atoms with E-state index in [1.165, 1.54) is 0 Å². The Morgan fingerprint density at radius 3 is 2.46 bits per heavy atom. The van der Waals surface area contributed by atoms with Crippen LogP contribution in [0, 0.1) is 0 Å². The number of anilines is 1. The fourth-order valence-corrected chi connectivity index (χ4v) is 3.39. The third-order valence-corrected chi connectivity index (χ3v) is 4.66. The number of aryl methyl sites for hydroxylation is 1. The molecule has 6 heteroatoms. The molecule has 0 unspecified atom stereocenters. The molecule has 2 aromatic carbocycles. The van der Waals surface area contributed by atoms with E-state index in [1.54, 1.807) is 16.2 Å². The van der Waals surface area contributed by atoms with E-state index in [0.29, 0.717) is 5.69 Å². The Kier molecular flexibility index (Phi) is 3.68. The fourth-order valence-electron chi connectivity index (χ4n) is 3.39. The Morgan fingerprint density at radius 1 is 1.04 bits per heavy atom. The van der Waals surface area contributed by atoms with E-state index in [0.717, 1.165) is 27.7 Å². The molecule has 2 N–H and O–H groups in total. The number of nitrogens with zero attached hydrogens (tertiary/aromatic N) is 3. The van der Waals surface area contributed by atoms with E-state index in [-0.39, 0.29) is 17.6 Å². The van der Waals surface area contributed by atoms with Crippen LogP contribution >= 0.6 is 0 Å². The number of rotatable bonds is 3. The van der Waals surface area contributed by atoms with E-state index in [9.17, 15) is 4.79 Å². The van der Waals surface area contributed by atoms with Crippen molar-refractivity contribution in [2.24, 2.45) is 7.05 Å². The van der Waals surface area contributed by atoms with Gasteiger partial charge >= 0.3 is 5.69 Å². The van der Waals surface area contributed by atoms with Gasteiger partial charge in [0.2, 0.25) is 5.88 Å². The van der Waals surface area contributed by atoms with Crippen molar-refractivity contribution in [2.75, 3.05) is 5.73 Å². The van der Waals surface area contributed by atoms with Gasteiger partial charge in [-0.1, -0.05) is 41.6 Å². The zero-order chi connectivity index (χ0) is 18.4.